The Kier molecular flexibility index (Phi) is 2.81. The molecule has 0 amide bonds. The lowest BCUT2D eigenvalue weighted by Crippen LogP contribution is -2.54. The number of carbonyl (C=O) groups is 2. The number of Topliss-reactive ketones (excluding diaryl/α,β-unsaturated/α-hetero) is 1. The molecule has 4 aliphatic carbocycles. The maximum Gasteiger partial charge on any atom is 0.164 e. The predicted molar refractivity (Wildman–Crippen MR) is 90.4 cm³/mol. The second-order valence-electron chi connectivity index (χ2n) is 9.56. The predicted octanol–water partition coefficient (Wildman–Crippen LogP) is 3.85. The van der Waals surface area contributed by atoms with Crippen molar-refractivity contribution in [3.8, 4) is 0 Å². The SMILES string of the molecule is CC(=O)[C@@]12O[C@H]1C[C@@H]1[C@@H]3CCC4=CC(=O)CC[C@]4(C)[C@@H]3CC[C@]12C. The third kappa shape index (κ3) is 1.54. The molecule has 3 heteroatoms. The summed E-state index contributed by atoms with van der Waals surface area (Å²) < 4.78 is 5.99. The lowest BCUT2D eigenvalue weighted by Gasteiger charge is -2.58. The average Bonchev–Trinajstić information content (AvgIpc) is 3.21. The fourth-order valence-corrected chi connectivity index (χ4v) is 7.62. The largest absolute Gasteiger partial charge is 0.357 e. The van der Waals surface area contributed by atoms with Gasteiger partial charge in [0.15, 0.2) is 17.2 Å². The molecule has 130 valence electrons. The van der Waals surface area contributed by atoms with Crippen LogP contribution in [0.5, 0.6) is 0 Å². The number of carbonyl (C=O) groups excluding carboxylic acids is 2. The number of hydrogen-bond donors (Lipinski definition) is 0. The Morgan fingerprint density at radius 2 is 1.96 bits per heavy atom. The first-order valence-corrected chi connectivity index (χ1v) is 9.76. The highest BCUT2D eigenvalue weighted by atomic mass is 16.6. The van der Waals surface area contributed by atoms with E-state index in [-0.39, 0.29) is 22.7 Å². The van der Waals surface area contributed by atoms with E-state index >= 15 is 0 Å². The third-order valence-electron chi connectivity index (χ3n) is 8.92. The first kappa shape index (κ1) is 15.3. The summed E-state index contributed by atoms with van der Waals surface area (Å²) in [5.41, 5.74) is 1.22. The number of fused-ring (bicyclic) bond motifs is 7. The molecule has 0 N–H and O–H groups in total. The van der Waals surface area contributed by atoms with Crippen molar-refractivity contribution in [1.82, 2.24) is 0 Å². The van der Waals surface area contributed by atoms with Gasteiger partial charge in [-0.25, -0.2) is 0 Å². The minimum atomic E-state index is -0.456. The van der Waals surface area contributed by atoms with E-state index in [1.165, 1.54) is 18.4 Å². The molecule has 0 aromatic heterocycles. The summed E-state index contributed by atoms with van der Waals surface area (Å²) in [6.07, 6.45) is 9.53. The van der Waals surface area contributed by atoms with Crippen LogP contribution in [0.15, 0.2) is 11.6 Å². The number of hydrogen-bond acceptors (Lipinski definition) is 3. The average molecular weight is 328 g/mol. The second-order valence-corrected chi connectivity index (χ2v) is 9.56. The number of ketones is 2. The van der Waals surface area contributed by atoms with Gasteiger partial charge in [0.1, 0.15) is 0 Å². The molecule has 0 spiro atoms. The summed E-state index contributed by atoms with van der Waals surface area (Å²) in [6.45, 7) is 6.48. The molecule has 0 unspecified atom stereocenters. The summed E-state index contributed by atoms with van der Waals surface area (Å²) >= 11 is 0. The van der Waals surface area contributed by atoms with Gasteiger partial charge in [-0.2, -0.15) is 0 Å². The van der Waals surface area contributed by atoms with Crippen LogP contribution in [0.1, 0.15) is 65.7 Å². The van der Waals surface area contributed by atoms with E-state index in [9.17, 15) is 9.59 Å². The van der Waals surface area contributed by atoms with Gasteiger partial charge in [-0.05, 0) is 74.7 Å². The molecule has 0 aromatic rings. The zero-order chi connectivity index (χ0) is 16.9. The molecule has 0 bridgehead atoms. The quantitative estimate of drug-likeness (QED) is 0.687. The second kappa shape index (κ2) is 4.41. The van der Waals surface area contributed by atoms with Crippen LogP contribution in [0.25, 0.3) is 0 Å². The van der Waals surface area contributed by atoms with E-state index in [0.717, 1.165) is 25.7 Å². The van der Waals surface area contributed by atoms with Gasteiger partial charge in [-0.1, -0.05) is 19.4 Å². The van der Waals surface area contributed by atoms with Gasteiger partial charge in [0.25, 0.3) is 0 Å². The Morgan fingerprint density at radius 1 is 1.17 bits per heavy atom. The van der Waals surface area contributed by atoms with E-state index in [0.29, 0.717) is 30.0 Å². The van der Waals surface area contributed by atoms with Gasteiger partial charge >= 0.3 is 0 Å². The number of epoxide rings is 1. The van der Waals surface area contributed by atoms with Gasteiger partial charge in [-0.15, -0.1) is 0 Å². The minimum Gasteiger partial charge on any atom is -0.357 e. The molecule has 1 aliphatic heterocycles. The van der Waals surface area contributed by atoms with Crippen LogP contribution >= 0.6 is 0 Å². The maximum atomic E-state index is 12.4. The molecule has 5 aliphatic rings. The molecule has 4 fully saturated rings. The first-order valence-electron chi connectivity index (χ1n) is 9.76. The molecule has 1 saturated heterocycles. The van der Waals surface area contributed by atoms with Crippen molar-refractivity contribution in [3.63, 3.8) is 0 Å². The van der Waals surface area contributed by atoms with Crippen molar-refractivity contribution < 1.29 is 14.3 Å². The Bertz CT molecular complexity index is 679. The molecule has 3 saturated carbocycles. The van der Waals surface area contributed by atoms with E-state index in [4.69, 9.17) is 4.74 Å². The van der Waals surface area contributed by atoms with Crippen LogP contribution in [0.2, 0.25) is 0 Å². The van der Waals surface area contributed by atoms with Gasteiger partial charge in [-0.3, -0.25) is 9.59 Å². The van der Waals surface area contributed by atoms with Crippen molar-refractivity contribution in [3.05, 3.63) is 11.6 Å². The summed E-state index contributed by atoms with van der Waals surface area (Å²) in [5, 5.41) is 0. The standard InChI is InChI=1S/C21H28O3/c1-12(22)21-18(24-21)11-17-15-5-4-13-10-14(23)6-8-19(13,2)16(15)7-9-20(17,21)3/h10,15-18H,4-9,11H2,1-3H3/t15-,16-,17-,18+,19+,20-,21-/m1/s1. The van der Waals surface area contributed by atoms with Crippen LogP contribution in [0.3, 0.4) is 0 Å². The summed E-state index contributed by atoms with van der Waals surface area (Å²) in [5.74, 6) is 2.58. The number of allylic oxidation sites excluding steroid dienone is 1. The van der Waals surface area contributed by atoms with Gasteiger partial charge in [0.05, 0.1) is 6.10 Å². The van der Waals surface area contributed by atoms with E-state index in [2.05, 4.69) is 13.8 Å². The molecular weight excluding hydrogens is 300 g/mol. The monoisotopic (exact) mass is 328 g/mol. The molecule has 0 aromatic carbocycles. The van der Waals surface area contributed by atoms with E-state index < -0.39 is 5.60 Å². The van der Waals surface area contributed by atoms with Crippen LogP contribution in [0, 0.1) is 28.6 Å². The Hall–Kier alpha value is -0.960. The van der Waals surface area contributed by atoms with Crippen molar-refractivity contribution in [2.45, 2.75) is 77.4 Å². The Labute approximate surface area is 144 Å². The minimum absolute atomic E-state index is 0.0345. The summed E-state index contributed by atoms with van der Waals surface area (Å²) in [6, 6.07) is 0. The van der Waals surface area contributed by atoms with E-state index in [1.54, 1.807) is 6.92 Å². The normalized spacial score (nSPS) is 55.0. The topological polar surface area (TPSA) is 46.7 Å². The molecule has 0 radical (unpaired) electrons. The van der Waals surface area contributed by atoms with Crippen molar-refractivity contribution >= 4 is 11.6 Å². The molecular formula is C21H28O3. The maximum absolute atomic E-state index is 12.4. The lowest BCUT2D eigenvalue weighted by molar-refractivity contribution is -0.136. The number of ether oxygens (including phenoxy) is 1. The highest BCUT2D eigenvalue weighted by molar-refractivity contribution is 5.92. The molecule has 1 heterocycles. The molecule has 3 nitrogen and oxygen atoms in total. The van der Waals surface area contributed by atoms with Crippen LogP contribution in [-0.2, 0) is 14.3 Å². The van der Waals surface area contributed by atoms with Crippen molar-refractivity contribution in [1.29, 1.82) is 0 Å². The molecule has 24 heavy (non-hydrogen) atoms. The van der Waals surface area contributed by atoms with Crippen molar-refractivity contribution in [2.75, 3.05) is 0 Å². The zero-order valence-corrected chi connectivity index (χ0v) is 15.1. The first-order chi connectivity index (χ1) is 11.3. The third-order valence-corrected chi connectivity index (χ3v) is 8.92. The smallest absolute Gasteiger partial charge is 0.164 e. The zero-order valence-electron chi connectivity index (χ0n) is 15.1. The summed E-state index contributed by atoms with van der Waals surface area (Å²) in [4.78, 5) is 24.3. The fraction of sp³-hybridized carbons (Fsp3) is 0.810. The fourth-order valence-electron chi connectivity index (χ4n) is 7.62. The Balaban J connectivity index is 1.52. The van der Waals surface area contributed by atoms with Crippen LogP contribution in [0.4, 0.5) is 0 Å². The highest BCUT2D eigenvalue weighted by Gasteiger charge is 2.79. The van der Waals surface area contributed by atoms with Crippen molar-refractivity contribution in [2.24, 2.45) is 28.6 Å². The van der Waals surface area contributed by atoms with Gasteiger partial charge in [0, 0.05) is 11.8 Å². The van der Waals surface area contributed by atoms with Gasteiger partial charge < -0.3 is 4.74 Å². The Morgan fingerprint density at radius 3 is 2.71 bits per heavy atom. The summed E-state index contributed by atoms with van der Waals surface area (Å²) in [7, 11) is 0. The van der Waals surface area contributed by atoms with E-state index in [1.807, 2.05) is 6.08 Å². The van der Waals surface area contributed by atoms with Crippen LogP contribution < -0.4 is 0 Å². The van der Waals surface area contributed by atoms with Gasteiger partial charge in [0.2, 0.25) is 0 Å². The lowest BCUT2D eigenvalue weighted by atomic mass is 9.46. The molecule has 5 rings (SSSR count). The number of rotatable bonds is 1. The molecule has 7 atom stereocenters. The highest BCUT2D eigenvalue weighted by Crippen LogP contribution is 2.73. The van der Waals surface area contributed by atoms with Crippen LogP contribution in [-0.4, -0.2) is 23.3 Å².